The molecule has 2 rings (SSSR count). The molecular formula is C12H14BrN3S. The van der Waals surface area contributed by atoms with E-state index in [2.05, 4.69) is 57.4 Å². The van der Waals surface area contributed by atoms with Crippen molar-refractivity contribution in [2.24, 2.45) is 0 Å². The van der Waals surface area contributed by atoms with Crippen molar-refractivity contribution >= 4 is 27.3 Å². The first kappa shape index (κ1) is 12.7. The predicted octanol–water partition coefficient (Wildman–Crippen LogP) is 3.56. The van der Waals surface area contributed by atoms with Gasteiger partial charge in [-0.3, -0.25) is 0 Å². The lowest BCUT2D eigenvalue weighted by atomic mass is 10.1. The van der Waals surface area contributed by atoms with Crippen LogP contribution in [0.5, 0.6) is 0 Å². The Hall–Kier alpha value is -0.780. The van der Waals surface area contributed by atoms with Gasteiger partial charge in [-0.2, -0.15) is 0 Å². The van der Waals surface area contributed by atoms with E-state index >= 15 is 0 Å². The second-order valence-corrected chi connectivity index (χ2v) is 5.69. The first-order valence-electron chi connectivity index (χ1n) is 5.39. The minimum atomic E-state index is 0.241. The second-order valence-electron chi connectivity index (χ2n) is 3.89. The number of halogens is 1. The van der Waals surface area contributed by atoms with Crippen LogP contribution in [0.15, 0.2) is 22.7 Å². The van der Waals surface area contributed by atoms with E-state index in [0.717, 1.165) is 20.1 Å². The maximum Gasteiger partial charge on any atom is 0.149 e. The molecule has 2 aromatic rings. The molecule has 1 heterocycles. The fourth-order valence-electron chi connectivity index (χ4n) is 1.45. The molecular weight excluding hydrogens is 298 g/mol. The van der Waals surface area contributed by atoms with E-state index in [1.807, 2.05) is 13.1 Å². The van der Waals surface area contributed by atoms with Crippen LogP contribution in [0.2, 0.25) is 0 Å². The Morgan fingerprint density at radius 3 is 2.82 bits per heavy atom. The van der Waals surface area contributed by atoms with E-state index in [4.69, 9.17) is 0 Å². The summed E-state index contributed by atoms with van der Waals surface area (Å²) in [6.07, 6.45) is 0. The molecule has 0 bridgehead atoms. The highest BCUT2D eigenvalue weighted by Crippen LogP contribution is 2.33. The van der Waals surface area contributed by atoms with E-state index in [0.29, 0.717) is 0 Å². The van der Waals surface area contributed by atoms with Crippen LogP contribution in [0.3, 0.4) is 0 Å². The van der Waals surface area contributed by atoms with Crippen molar-refractivity contribution in [3.63, 3.8) is 0 Å². The molecule has 0 amide bonds. The summed E-state index contributed by atoms with van der Waals surface area (Å²) in [5, 5.41) is 13.6. The SMILES string of the molecule is CNC(C)c1nnc(-c2cccc(C)c2Br)s1. The highest BCUT2D eigenvalue weighted by atomic mass is 79.9. The van der Waals surface area contributed by atoms with E-state index in [1.54, 1.807) is 11.3 Å². The molecule has 3 nitrogen and oxygen atoms in total. The molecule has 1 aromatic heterocycles. The summed E-state index contributed by atoms with van der Waals surface area (Å²) in [6.45, 7) is 4.15. The summed E-state index contributed by atoms with van der Waals surface area (Å²) in [6, 6.07) is 6.42. The quantitative estimate of drug-likeness (QED) is 0.942. The third-order valence-corrected chi connectivity index (χ3v) is 4.86. The Kier molecular flexibility index (Phi) is 3.91. The first-order chi connectivity index (χ1) is 8.13. The molecule has 0 radical (unpaired) electrons. The standard InChI is InChI=1S/C12H14BrN3S/c1-7-5-4-6-9(10(7)13)12-16-15-11(17-12)8(2)14-3/h4-6,8,14H,1-3H3. The van der Waals surface area contributed by atoms with Crippen LogP contribution in [0.1, 0.15) is 23.5 Å². The van der Waals surface area contributed by atoms with Crippen molar-refractivity contribution in [2.75, 3.05) is 7.05 Å². The van der Waals surface area contributed by atoms with Gasteiger partial charge in [0.15, 0.2) is 0 Å². The molecule has 90 valence electrons. The molecule has 0 saturated heterocycles. The monoisotopic (exact) mass is 311 g/mol. The number of aromatic nitrogens is 2. The molecule has 1 atom stereocenters. The minimum Gasteiger partial charge on any atom is -0.311 e. The van der Waals surface area contributed by atoms with Crippen molar-refractivity contribution in [2.45, 2.75) is 19.9 Å². The fourth-order valence-corrected chi connectivity index (χ4v) is 2.97. The number of hydrogen-bond donors (Lipinski definition) is 1. The number of hydrogen-bond acceptors (Lipinski definition) is 4. The zero-order valence-corrected chi connectivity index (χ0v) is 12.4. The van der Waals surface area contributed by atoms with Gasteiger partial charge in [0.1, 0.15) is 10.0 Å². The predicted molar refractivity (Wildman–Crippen MR) is 75.3 cm³/mol. The van der Waals surface area contributed by atoms with Crippen molar-refractivity contribution in [1.82, 2.24) is 15.5 Å². The molecule has 1 aromatic carbocycles. The summed E-state index contributed by atoms with van der Waals surface area (Å²) in [4.78, 5) is 0. The lowest BCUT2D eigenvalue weighted by Gasteiger charge is -2.04. The van der Waals surface area contributed by atoms with Gasteiger partial charge in [0, 0.05) is 10.0 Å². The van der Waals surface area contributed by atoms with Crippen LogP contribution >= 0.6 is 27.3 Å². The maximum atomic E-state index is 4.26. The molecule has 17 heavy (non-hydrogen) atoms. The van der Waals surface area contributed by atoms with Crippen LogP contribution in [-0.4, -0.2) is 17.2 Å². The Labute approximate surface area is 113 Å². The van der Waals surface area contributed by atoms with E-state index < -0.39 is 0 Å². The summed E-state index contributed by atoms with van der Waals surface area (Å²) in [7, 11) is 1.92. The highest BCUT2D eigenvalue weighted by Gasteiger charge is 2.13. The van der Waals surface area contributed by atoms with Gasteiger partial charge in [0.25, 0.3) is 0 Å². The summed E-state index contributed by atoms with van der Waals surface area (Å²) in [5.74, 6) is 0. The average Bonchev–Trinajstić information content (AvgIpc) is 2.81. The fraction of sp³-hybridized carbons (Fsp3) is 0.333. The third kappa shape index (κ3) is 2.56. The first-order valence-corrected chi connectivity index (χ1v) is 7.00. The maximum absolute atomic E-state index is 4.26. The van der Waals surface area contributed by atoms with Crippen LogP contribution in [0.4, 0.5) is 0 Å². The zero-order valence-electron chi connectivity index (χ0n) is 9.99. The number of aryl methyl sites for hydroxylation is 1. The van der Waals surface area contributed by atoms with Crippen LogP contribution in [-0.2, 0) is 0 Å². The van der Waals surface area contributed by atoms with Gasteiger partial charge >= 0.3 is 0 Å². The van der Waals surface area contributed by atoms with Crippen LogP contribution in [0, 0.1) is 6.92 Å². The molecule has 5 heteroatoms. The lowest BCUT2D eigenvalue weighted by Crippen LogP contribution is -2.11. The molecule has 0 aliphatic heterocycles. The molecule has 1 unspecified atom stereocenters. The lowest BCUT2D eigenvalue weighted by molar-refractivity contribution is 0.640. The Bertz CT molecular complexity index is 524. The molecule has 0 fully saturated rings. The second kappa shape index (κ2) is 5.25. The smallest absolute Gasteiger partial charge is 0.149 e. The van der Waals surface area contributed by atoms with Crippen LogP contribution < -0.4 is 5.32 Å². The normalized spacial score (nSPS) is 12.7. The Morgan fingerprint density at radius 2 is 2.12 bits per heavy atom. The van der Waals surface area contributed by atoms with Gasteiger partial charge in [-0.25, -0.2) is 0 Å². The van der Waals surface area contributed by atoms with Gasteiger partial charge in [-0.15, -0.1) is 10.2 Å². The number of rotatable bonds is 3. The molecule has 0 aliphatic carbocycles. The summed E-state index contributed by atoms with van der Waals surface area (Å²) in [5.41, 5.74) is 2.32. The number of nitrogens with zero attached hydrogens (tertiary/aromatic N) is 2. The Balaban J connectivity index is 2.40. The van der Waals surface area contributed by atoms with E-state index in [9.17, 15) is 0 Å². The van der Waals surface area contributed by atoms with Crippen molar-refractivity contribution in [1.29, 1.82) is 0 Å². The Morgan fingerprint density at radius 1 is 1.35 bits per heavy atom. The zero-order chi connectivity index (χ0) is 12.4. The molecule has 0 spiro atoms. The van der Waals surface area contributed by atoms with E-state index in [1.165, 1.54) is 5.56 Å². The van der Waals surface area contributed by atoms with Gasteiger partial charge in [0.05, 0.1) is 6.04 Å². The summed E-state index contributed by atoms with van der Waals surface area (Å²) >= 11 is 5.23. The van der Waals surface area contributed by atoms with Gasteiger partial charge < -0.3 is 5.32 Å². The highest BCUT2D eigenvalue weighted by molar-refractivity contribution is 9.10. The number of benzene rings is 1. The van der Waals surface area contributed by atoms with Crippen molar-refractivity contribution < 1.29 is 0 Å². The largest absolute Gasteiger partial charge is 0.311 e. The molecule has 0 aliphatic rings. The van der Waals surface area contributed by atoms with Gasteiger partial charge in [0.2, 0.25) is 0 Å². The third-order valence-electron chi connectivity index (χ3n) is 2.67. The molecule has 1 N–H and O–H groups in total. The minimum absolute atomic E-state index is 0.241. The van der Waals surface area contributed by atoms with Gasteiger partial charge in [-0.1, -0.05) is 29.5 Å². The molecule has 0 saturated carbocycles. The van der Waals surface area contributed by atoms with Gasteiger partial charge in [-0.05, 0) is 42.4 Å². The van der Waals surface area contributed by atoms with Crippen molar-refractivity contribution in [3.05, 3.63) is 33.2 Å². The van der Waals surface area contributed by atoms with E-state index in [-0.39, 0.29) is 6.04 Å². The topological polar surface area (TPSA) is 37.8 Å². The van der Waals surface area contributed by atoms with Crippen molar-refractivity contribution in [3.8, 4) is 10.6 Å². The van der Waals surface area contributed by atoms with Crippen LogP contribution in [0.25, 0.3) is 10.6 Å². The average molecular weight is 312 g/mol. The summed E-state index contributed by atoms with van der Waals surface area (Å²) < 4.78 is 1.10. The number of nitrogens with one attached hydrogen (secondary N) is 1.